The van der Waals surface area contributed by atoms with Crippen LogP contribution in [0.5, 0.6) is 0 Å². The molecule has 0 bridgehead atoms. The standard InChI is InChI=1S/C15H17ClN2OS/c16-13-2-1-3-14-12(13)4-6-17(14)7-5-15(19)18-8-10-20-11-9-18/h1-4,6H,5,7-11H2. The van der Waals surface area contributed by atoms with Crippen LogP contribution in [0.3, 0.4) is 0 Å². The molecular weight excluding hydrogens is 292 g/mol. The molecule has 3 nitrogen and oxygen atoms in total. The molecule has 0 radical (unpaired) electrons. The van der Waals surface area contributed by atoms with Crippen LogP contribution >= 0.6 is 23.4 Å². The molecule has 2 aromatic rings. The van der Waals surface area contributed by atoms with E-state index in [-0.39, 0.29) is 5.91 Å². The van der Waals surface area contributed by atoms with E-state index in [2.05, 4.69) is 4.57 Å². The first-order valence-electron chi connectivity index (χ1n) is 6.84. The highest BCUT2D eigenvalue weighted by molar-refractivity contribution is 7.99. The second-order valence-corrected chi connectivity index (χ2v) is 6.56. The van der Waals surface area contributed by atoms with Crippen molar-refractivity contribution in [2.75, 3.05) is 24.6 Å². The number of carbonyl (C=O) groups excluding carboxylic acids is 1. The van der Waals surface area contributed by atoms with Gasteiger partial charge in [0.25, 0.3) is 0 Å². The van der Waals surface area contributed by atoms with E-state index in [0.717, 1.165) is 40.5 Å². The number of carbonyl (C=O) groups is 1. The summed E-state index contributed by atoms with van der Waals surface area (Å²) in [6, 6.07) is 7.90. The first kappa shape index (κ1) is 13.8. The van der Waals surface area contributed by atoms with Gasteiger partial charge in [-0.25, -0.2) is 0 Å². The van der Waals surface area contributed by atoms with Crippen LogP contribution in [-0.2, 0) is 11.3 Å². The molecule has 106 valence electrons. The van der Waals surface area contributed by atoms with Crippen molar-refractivity contribution in [3.8, 4) is 0 Å². The summed E-state index contributed by atoms with van der Waals surface area (Å²) in [4.78, 5) is 14.2. The van der Waals surface area contributed by atoms with Crippen molar-refractivity contribution >= 4 is 40.2 Å². The number of nitrogens with zero attached hydrogens (tertiary/aromatic N) is 2. The fourth-order valence-corrected chi connectivity index (χ4v) is 3.70. The zero-order chi connectivity index (χ0) is 13.9. The number of hydrogen-bond donors (Lipinski definition) is 0. The number of benzene rings is 1. The smallest absolute Gasteiger partial charge is 0.224 e. The Bertz CT molecular complexity index is 619. The number of aryl methyl sites for hydroxylation is 1. The number of hydrogen-bond acceptors (Lipinski definition) is 2. The molecule has 1 aromatic carbocycles. The van der Waals surface area contributed by atoms with Gasteiger partial charge in [0.2, 0.25) is 5.91 Å². The topological polar surface area (TPSA) is 25.2 Å². The molecule has 20 heavy (non-hydrogen) atoms. The van der Waals surface area contributed by atoms with Crippen LogP contribution in [0.2, 0.25) is 5.02 Å². The molecule has 0 N–H and O–H groups in total. The Morgan fingerprint density at radius 1 is 1.25 bits per heavy atom. The summed E-state index contributed by atoms with van der Waals surface area (Å²) in [7, 11) is 0. The van der Waals surface area contributed by atoms with Crippen LogP contribution in [0.25, 0.3) is 10.9 Å². The summed E-state index contributed by atoms with van der Waals surface area (Å²) >= 11 is 8.09. The Balaban J connectivity index is 1.67. The van der Waals surface area contributed by atoms with E-state index in [1.165, 1.54) is 0 Å². The Morgan fingerprint density at radius 2 is 2.05 bits per heavy atom. The average molecular weight is 309 g/mol. The van der Waals surface area contributed by atoms with E-state index in [4.69, 9.17) is 11.6 Å². The van der Waals surface area contributed by atoms with E-state index in [1.54, 1.807) is 0 Å². The zero-order valence-corrected chi connectivity index (χ0v) is 12.8. The fourth-order valence-electron chi connectivity index (χ4n) is 2.57. The highest BCUT2D eigenvalue weighted by Crippen LogP contribution is 2.24. The van der Waals surface area contributed by atoms with Gasteiger partial charge in [-0.3, -0.25) is 4.79 Å². The maximum absolute atomic E-state index is 12.2. The average Bonchev–Trinajstić information content (AvgIpc) is 2.90. The molecule has 3 rings (SSSR count). The molecule has 0 unspecified atom stereocenters. The summed E-state index contributed by atoms with van der Waals surface area (Å²) < 4.78 is 2.11. The lowest BCUT2D eigenvalue weighted by Gasteiger charge is -2.26. The zero-order valence-electron chi connectivity index (χ0n) is 11.2. The quantitative estimate of drug-likeness (QED) is 0.869. The number of halogens is 1. The van der Waals surface area contributed by atoms with Gasteiger partial charge in [0.1, 0.15) is 0 Å². The Kier molecular flexibility index (Phi) is 4.22. The number of amides is 1. The number of fused-ring (bicyclic) bond motifs is 1. The van der Waals surface area contributed by atoms with Crippen molar-refractivity contribution in [1.82, 2.24) is 9.47 Å². The molecule has 0 saturated carbocycles. The second kappa shape index (κ2) is 6.10. The van der Waals surface area contributed by atoms with Crippen LogP contribution in [0, 0.1) is 0 Å². The van der Waals surface area contributed by atoms with E-state index < -0.39 is 0 Å². The monoisotopic (exact) mass is 308 g/mol. The lowest BCUT2D eigenvalue weighted by atomic mass is 10.2. The molecule has 5 heteroatoms. The van der Waals surface area contributed by atoms with Crippen molar-refractivity contribution in [2.45, 2.75) is 13.0 Å². The molecular formula is C15H17ClN2OS. The maximum atomic E-state index is 12.2. The molecule has 1 amide bonds. The van der Waals surface area contributed by atoms with Crippen LogP contribution in [0.1, 0.15) is 6.42 Å². The third-order valence-electron chi connectivity index (χ3n) is 3.69. The third-order valence-corrected chi connectivity index (χ3v) is 4.96. The minimum atomic E-state index is 0.258. The van der Waals surface area contributed by atoms with E-state index in [0.29, 0.717) is 13.0 Å². The molecule has 0 atom stereocenters. The minimum Gasteiger partial charge on any atom is -0.347 e. The van der Waals surface area contributed by atoms with Gasteiger partial charge in [-0.05, 0) is 18.2 Å². The largest absolute Gasteiger partial charge is 0.347 e. The molecule has 1 aliphatic heterocycles. The number of thioether (sulfide) groups is 1. The fraction of sp³-hybridized carbons (Fsp3) is 0.400. The molecule has 2 heterocycles. The first-order chi connectivity index (χ1) is 9.75. The van der Waals surface area contributed by atoms with Crippen molar-refractivity contribution < 1.29 is 4.79 Å². The normalized spacial score (nSPS) is 15.8. The van der Waals surface area contributed by atoms with E-state index in [9.17, 15) is 4.79 Å². The van der Waals surface area contributed by atoms with Gasteiger partial charge in [-0.15, -0.1) is 0 Å². The van der Waals surface area contributed by atoms with Crippen molar-refractivity contribution in [3.63, 3.8) is 0 Å². The Hall–Kier alpha value is -1.13. The third kappa shape index (κ3) is 2.81. The molecule has 1 fully saturated rings. The molecule has 0 spiro atoms. The van der Waals surface area contributed by atoms with Gasteiger partial charge < -0.3 is 9.47 Å². The van der Waals surface area contributed by atoms with Crippen LogP contribution in [0.15, 0.2) is 30.5 Å². The summed E-state index contributed by atoms with van der Waals surface area (Å²) in [5.41, 5.74) is 1.10. The highest BCUT2D eigenvalue weighted by atomic mass is 35.5. The van der Waals surface area contributed by atoms with E-state index >= 15 is 0 Å². The Morgan fingerprint density at radius 3 is 2.85 bits per heavy atom. The van der Waals surface area contributed by atoms with Crippen LogP contribution < -0.4 is 0 Å². The second-order valence-electron chi connectivity index (χ2n) is 4.92. The predicted octanol–water partition coefficient (Wildman–Crippen LogP) is 3.26. The highest BCUT2D eigenvalue weighted by Gasteiger charge is 2.16. The first-order valence-corrected chi connectivity index (χ1v) is 8.38. The molecule has 1 aromatic heterocycles. The SMILES string of the molecule is O=C(CCn1ccc2c(Cl)cccc21)N1CCSCC1. The molecule has 1 saturated heterocycles. The van der Waals surface area contributed by atoms with Gasteiger partial charge >= 0.3 is 0 Å². The van der Waals surface area contributed by atoms with Crippen molar-refractivity contribution in [1.29, 1.82) is 0 Å². The predicted molar refractivity (Wildman–Crippen MR) is 85.5 cm³/mol. The lowest BCUT2D eigenvalue weighted by Crippen LogP contribution is -2.38. The van der Waals surface area contributed by atoms with Crippen LogP contribution in [-0.4, -0.2) is 40.0 Å². The molecule has 0 aliphatic carbocycles. The summed E-state index contributed by atoms with van der Waals surface area (Å²) in [5, 5.41) is 1.82. The van der Waals surface area contributed by atoms with Gasteiger partial charge in [0.15, 0.2) is 0 Å². The number of aromatic nitrogens is 1. The molecule has 1 aliphatic rings. The van der Waals surface area contributed by atoms with Gasteiger partial charge in [-0.2, -0.15) is 11.8 Å². The van der Waals surface area contributed by atoms with Crippen LogP contribution in [0.4, 0.5) is 0 Å². The Labute approximate surface area is 127 Å². The van der Waals surface area contributed by atoms with Crippen molar-refractivity contribution in [2.24, 2.45) is 0 Å². The van der Waals surface area contributed by atoms with Gasteiger partial charge in [0, 0.05) is 59.7 Å². The summed E-state index contributed by atoms with van der Waals surface area (Å²) in [6.07, 6.45) is 2.57. The lowest BCUT2D eigenvalue weighted by molar-refractivity contribution is -0.131. The summed E-state index contributed by atoms with van der Waals surface area (Å²) in [6.45, 7) is 2.50. The summed E-state index contributed by atoms with van der Waals surface area (Å²) in [5.74, 6) is 2.39. The van der Waals surface area contributed by atoms with E-state index in [1.807, 2.05) is 47.1 Å². The van der Waals surface area contributed by atoms with Crippen molar-refractivity contribution in [3.05, 3.63) is 35.5 Å². The maximum Gasteiger partial charge on any atom is 0.224 e. The minimum absolute atomic E-state index is 0.258. The van der Waals surface area contributed by atoms with Gasteiger partial charge in [-0.1, -0.05) is 17.7 Å². The number of rotatable bonds is 3. The van der Waals surface area contributed by atoms with Gasteiger partial charge in [0.05, 0.1) is 0 Å².